The van der Waals surface area contributed by atoms with Gasteiger partial charge in [-0.05, 0) is 6.92 Å². The molecule has 0 aromatic rings. The van der Waals surface area contributed by atoms with Crippen LogP contribution in [0.15, 0.2) is 12.0 Å². The third kappa shape index (κ3) is 3.90. The van der Waals surface area contributed by atoms with E-state index in [0.717, 1.165) is 6.26 Å². The maximum Gasteiger partial charge on any atom is 0.253 e. The monoisotopic (exact) mass is 148 g/mol. The lowest BCUT2D eigenvalue weighted by atomic mass is 10.6. The molecule has 0 bridgehead atoms. The quantitative estimate of drug-likeness (QED) is 0.355. The van der Waals surface area contributed by atoms with E-state index in [1.165, 1.54) is 0 Å². The largest absolute Gasteiger partial charge is 0.502 e. The first-order valence-electron chi connectivity index (χ1n) is 2.42. The van der Waals surface area contributed by atoms with Crippen molar-refractivity contribution in [2.75, 3.05) is 6.61 Å². The molecule has 0 atom stereocenters. The summed E-state index contributed by atoms with van der Waals surface area (Å²) in [6, 6.07) is 0. The van der Waals surface area contributed by atoms with Crippen LogP contribution in [0.4, 0.5) is 0 Å². The van der Waals surface area contributed by atoms with E-state index in [2.05, 4.69) is 17.4 Å². The molecule has 3 nitrogen and oxygen atoms in total. The molecule has 0 aliphatic carbocycles. The van der Waals surface area contributed by atoms with Crippen LogP contribution < -0.4 is 0 Å². The summed E-state index contributed by atoms with van der Waals surface area (Å²) in [5, 5.41) is 7.88. The lowest BCUT2D eigenvalue weighted by molar-refractivity contribution is -0.110. The van der Waals surface area contributed by atoms with Crippen LogP contribution >= 0.6 is 12.6 Å². The van der Waals surface area contributed by atoms with Crippen LogP contribution in [-0.4, -0.2) is 16.8 Å². The van der Waals surface area contributed by atoms with Crippen molar-refractivity contribution in [1.29, 1.82) is 0 Å². The van der Waals surface area contributed by atoms with Gasteiger partial charge in [0.1, 0.15) is 6.26 Å². The van der Waals surface area contributed by atoms with Crippen molar-refractivity contribution in [2.45, 2.75) is 6.92 Å². The molecule has 0 aliphatic heterocycles. The Morgan fingerprint density at radius 3 is 2.78 bits per heavy atom. The van der Waals surface area contributed by atoms with E-state index in [9.17, 15) is 4.79 Å². The molecule has 1 N–H and O–H groups in total. The van der Waals surface area contributed by atoms with Gasteiger partial charge in [-0.25, -0.2) is 0 Å². The summed E-state index contributed by atoms with van der Waals surface area (Å²) in [6.07, 6.45) is 0.968. The summed E-state index contributed by atoms with van der Waals surface area (Å²) in [5.74, 6) is -0.472. The van der Waals surface area contributed by atoms with E-state index in [-0.39, 0.29) is 0 Å². The van der Waals surface area contributed by atoms with Crippen LogP contribution in [0.1, 0.15) is 6.92 Å². The van der Waals surface area contributed by atoms with Gasteiger partial charge in [0.2, 0.25) is 5.76 Å². The topological polar surface area (TPSA) is 46.5 Å². The molecule has 4 heteroatoms. The molecule has 9 heavy (non-hydrogen) atoms. The molecule has 0 rings (SSSR count). The van der Waals surface area contributed by atoms with Gasteiger partial charge in [-0.2, -0.15) is 0 Å². The van der Waals surface area contributed by atoms with Crippen LogP contribution in [0, 0.1) is 0 Å². The first kappa shape index (κ1) is 8.36. The van der Waals surface area contributed by atoms with Crippen LogP contribution in [-0.2, 0) is 9.53 Å². The number of carbonyl (C=O) groups is 1. The average molecular weight is 148 g/mol. The highest BCUT2D eigenvalue weighted by Gasteiger charge is 1.98. The molecular weight excluding hydrogens is 140 g/mol. The third-order valence-electron chi connectivity index (χ3n) is 0.581. The number of rotatable bonds is 3. The van der Waals surface area contributed by atoms with E-state index in [1.54, 1.807) is 6.92 Å². The fourth-order valence-electron chi connectivity index (χ4n) is 0.213. The number of thiol groups is 1. The summed E-state index contributed by atoms with van der Waals surface area (Å²) >= 11 is 3.33. The van der Waals surface area contributed by atoms with Crippen molar-refractivity contribution in [3.63, 3.8) is 0 Å². The molecule has 0 heterocycles. The van der Waals surface area contributed by atoms with Gasteiger partial charge in [-0.3, -0.25) is 4.79 Å². The molecule has 0 unspecified atom stereocenters. The van der Waals surface area contributed by atoms with Gasteiger partial charge in [0.25, 0.3) is 5.12 Å². The van der Waals surface area contributed by atoms with E-state index in [1.807, 2.05) is 0 Å². The normalized spacial score (nSPS) is 11.1. The van der Waals surface area contributed by atoms with Gasteiger partial charge in [0.15, 0.2) is 0 Å². The minimum atomic E-state index is -0.691. The van der Waals surface area contributed by atoms with Gasteiger partial charge in [0, 0.05) is 0 Å². The fourth-order valence-corrected chi connectivity index (χ4v) is 0.265. The molecule has 0 saturated heterocycles. The number of ether oxygens (including phenoxy) is 1. The van der Waals surface area contributed by atoms with Crippen LogP contribution in [0.5, 0.6) is 0 Å². The SMILES string of the molecule is CCOC=C(O)C(=O)S. The summed E-state index contributed by atoms with van der Waals surface area (Å²) in [5.41, 5.74) is 0. The van der Waals surface area contributed by atoms with Crippen molar-refractivity contribution in [2.24, 2.45) is 0 Å². The fraction of sp³-hybridized carbons (Fsp3) is 0.400. The minimum Gasteiger partial charge on any atom is -0.502 e. The second-order valence-electron chi connectivity index (χ2n) is 1.26. The van der Waals surface area contributed by atoms with Crippen molar-refractivity contribution in [3.05, 3.63) is 12.0 Å². The van der Waals surface area contributed by atoms with E-state index < -0.39 is 10.9 Å². The lowest BCUT2D eigenvalue weighted by Crippen LogP contribution is -1.92. The zero-order valence-electron chi connectivity index (χ0n) is 5.00. The second kappa shape index (κ2) is 4.26. The molecule has 0 aromatic heterocycles. The van der Waals surface area contributed by atoms with Crippen LogP contribution in [0.2, 0.25) is 0 Å². The van der Waals surface area contributed by atoms with Crippen molar-refractivity contribution in [1.82, 2.24) is 0 Å². The van der Waals surface area contributed by atoms with Gasteiger partial charge in [0.05, 0.1) is 6.61 Å². The van der Waals surface area contributed by atoms with E-state index >= 15 is 0 Å². The number of carbonyl (C=O) groups excluding carboxylic acids is 1. The first-order chi connectivity index (χ1) is 4.18. The van der Waals surface area contributed by atoms with Gasteiger partial charge >= 0.3 is 0 Å². The minimum absolute atomic E-state index is 0.422. The Labute approximate surface area is 58.7 Å². The molecule has 0 radical (unpaired) electrons. The number of aliphatic hydroxyl groups excluding tert-OH is 1. The predicted octanol–water partition coefficient (Wildman–Crippen LogP) is 0.879. The van der Waals surface area contributed by atoms with Crippen molar-refractivity contribution in [3.8, 4) is 0 Å². The van der Waals surface area contributed by atoms with E-state index in [0.29, 0.717) is 6.61 Å². The molecule has 0 saturated carbocycles. The first-order valence-corrected chi connectivity index (χ1v) is 2.87. The standard InChI is InChI=1S/C5H8O3S/c1-2-8-3-4(6)5(7)9/h3,6H,2H2,1H3,(H,7,9). The number of hydrogen-bond acceptors (Lipinski definition) is 3. The molecular formula is C5H8O3S. The molecule has 0 aliphatic rings. The van der Waals surface area contributed by atoms with Gasteiger partial charge in [-0.1, -0.05) is 12.6 Å². The van der Waals surface area contributed by atoms with Gasteiger partial charge in [-0.15, -0.1) is 0 Å². The van der Waals surface area contributed by atoms with Crippen molar-refractivity contribution >= 4 is 17.7 Å². The smallest absolute Gasteiger partial charge is 0.253 e. The highest BCUT2D eigenvalue weighted by Crippen LogP contribution is 1.93. The Kier molecular flexibility index (Phi) is 3.96. The molecule has 0 aromatic carbocycles. The van der Waals surface area contributed by atoms with E-state index in [4.69, 9.17) is 5.11 Å². The predicted molar refractivity (Wildman–Crippen MR) is 36.3 cm³/mol. The summed E-state index contributed by atoms with van der Waals surface area (Å²) in [6.45, 7) is 2.16. The summed E-state index contributed by atoms with van der Waals surface area (Å²) in [7, 11) is 0. The lowest BCUT2D eigenvalue weighted by Gasteiger charge is -1.93. The number of hydrogen-bond donors (Lipinski definition) is 2. The van der Waals surface area contributed by atoms with Crippen LogP contribution in [0.25, 0.3) is 0 Å². The Bertz CT molecular complexity index is 130. The maximum absolute atomic E-state index is 10.1. The Morgan fingerprint density at radius 1 is 1.89 bits per heavy atom. The summed E-state index contributed by atoms with van der Waals surface area (Å²) in [4.78, 5) is 10.1. The van der Waals surface area contributed by atoms with Crippen LogP contribution in [0.3, 0.4) is 0 Å². The highest BCUT2D eigenvalue weighted by atomic mass is 32.1. The van der Waals surface area contributed by atoms with Gasteiger partial charge < -0.3 is 9.84 Å². The third-order valence-corrected chi connectivity index (χ3v) is 0.810. The molecule has 0 amide bonds. The Balaban J connectivity index is 3.69. The Morgan fingerprint density at radius 2 is 2.44 bits per heavy atom. The number of aliphatic hydroxyl groups is 1. The summed E-state index contributed by atoms with van der Waals surface area (Å²) < 4.78 is 4.57. The zero-order valence-corrected chi connectivity index (χ0v) is 5.89. The Hall–Kier alpha value is -0.640. The maximum atomic E-state index is 10.1. The highest BCUT2D eigenvalue weighted by molar-refractivity contribution is 7.97. The average Bonchev–Trinajstić information content (AvgIpc) is 1.82. The molecule has 0 spiro atoms. The van der Waals surface area contributed by atoms with Crippen molar-refractivity contribution < 1.29 is 14.6 Å². The molecule has 52 valence electrons. The zero-order chi connectivity index (χ0) is 7.28. The second-order valence-corrected chi connectivity index (χ2v) is 1.67. The molecule has 0 fully saturated rings.